The van der Waals surface area contributed by atoms with E-state index in [1.807, 2.05) is 56.3 Å². The van der Waals surface area contributed by atoms with E-state index >= 15 is 0 Å². The van der Waals surface area contributed by atoms with Crippen molar-refractivity contribution >= 4 is 22.6 Å². The fourth-order valence-electron chi connectivity index (χ4n) is 4.40. The van der Waals surface area contributed by atoms with Crippen molar-refractivity contribution in [3.8, 4) is 5.75 Å². The molecule has 0 spiro atoms. The second-order valence-electron chi connectivity index (χ2n) is 8.30. The number of aromatic hydroxyl groups is 1. The number of amides is 1. The average molecular weight is 425 g/mol. The zero-order chi connectivity index (χ0) is 22.6. The summed E-state index contributed by atoms with van der Waals surface area (Å²) in [6.45, 7) is 5.96. The summed E-state index contributed by atoms with van der Waals surface area (Å²) >= 11 is 0. The van der Waals surface area contributed by atoms with E-state index in [0.29, 0.717) is 27.8 Å². The van der Waals surface area contributed by atoms with E-state index in [9.17, 15) is 14.7 Å². The van der Waals surface area contributed by atoms with Crippen LogP contribution in [0, 0.1) is 13.8 Å². The van der Waals surface area contributed by atoms with Gasteiger partial charge in [-0.25, -0.2) is 0 Å². The van der Waals surface area contributed by atoms with Crippen LogP contribution in [0.4, 0.5) is 5.69 Å². The minimum absolute atomic E-state index is 0.0543. The molecule has 2 heterocycles. The average Bonchev–Trinajstić information content (AvgIpc) is 3.08. The maximum absolute atomic E-state index is 13.7. The van der Waals surface area contributed by atoms with E-state index in [-0.39, 0.29) is 22.8 Å². The number of hydrogen-bond donors (Lipinski definition) is 1. The zero-order valence-corrected chi connectivity index (χ0v) is 18.2. The van der Waals surface area contributed by atoms with Gasteiger partial charge in [-0.2, -0.15) is 0 Å². The number of phenols is 1. The number of benzene rings is 3. The molecule has 1 aliphatic rings. The highest BCUT2D eigenvalue weighted by atomic mass is 16.3. The molecular formula is C27H23NO4. The van der Waals surface area contributed by atoms with Crippen LogP contribution in [0.3, 0.4) is 0 Å². The Morgan fingerprint density at radius 2 is 1.69 bits per heavy atom. The molecule has 1 N–H and O–H groups in total. The lowest BCUT2D eigenvalue weighted by Gasteiger charge is -2.25. The molecule has 0 bridgehead atoms. The summed E-state index contributed by atoms with van der Waals surface area (Å²) in [5.74, 6) is -0.241. The molecule has 32 heavy (non-hydrogen) atoms. The molecule has 160 valence electrons. The lowest BCUT2D eigenvalue weighted by atomic mass is 9.97. The quantitative estimate of drug-likeness (QED) is 0.475. The van der Waals surface area contributed by atoms with E-state index in [0.717, 1.165) is 23.1 Å². The number of carbonyl (C=O) groups is 1. The Kier molecular flexibility index (Phi) is 4.63. The Labute approximate surface area is 185 Å². The smallest absolute Gasteiger partial charge is 0.295 e. The molecule has 0 radical (unpaired) electrons. The van der Waals surface area contributed by atoms with Crippen molar-refractivity contribution in [2.75, 3.05) is 4.90 Å². The number of aryl methyl sites for hydroxylation is 3. The fourth-order valence-corrected chi connectivity index (χ4v) is 4.40. The molecular weight excluding hydrogens is 402 g/mol. The van der Waals surface area contributed by atoms with Gasteiger partial charge in [0.1, 0.15) is 11.3 Å². The van der Waals surface area contributed by atoms with Crippen LogP contribution in [0.2, 0.25) is 0 Å². The van der Waals surface area contributed by atoms with Crippen LogP contribution < -0.4 is 10.3 Å². The Hall–Kier alpha value is -3.86. The Morgan fingerprint density at radius 1 is 0.969 bits per heavy atom. The number of carbonyl (C=O) groups excluding carboxylic acids is 1. The summed E-state index contributed by atoms with van der Waals surface area (Å²) < 4.78 is 6.06. The topological polar surface area (TPSA) is 70.8 Å². The van der Waals surface area contributed by atoms with E-state index in [2.05, 4.69) is 6.92 Å². The molecule has 0 saturated heterocycles. The molecule has 0 aliphatic carbocycles. The first kappa shape index (κ1) is 20.1. The molecule has 0 saturated carbocycles. The Morgan fingerprint density at radius 3 is 2.38 bits per heavy atom. The summed E-state index contributed by atoms with van der Waals surface area (Å²) in [6.07, 6.45) is 0.884. The SMILES string of the molecule is CCc1ccc(N2C(=O)c3oc4cc(C)c(C)cc4c(=O)c3C2c2cccc(O)c2)cc1. The van der Waals surface area contributed by atoms with Crippen LogP contribution in [0.15, 0.2) is 69.9 Å². The van der Waals surface area contributed by atoms with Gasteiger partial charge in [0.2, 0.25) is 5.76 Å². The number of phenolic OH excluding ortho intramolecular Hbond substituents is 1. The number of hydrogen-bond acceptors (Lipinski definition) is 4. The van der Waals surface area contributed by atoms with E-state index in [4.69, 9.17) is 4.42 Å². The third-order valence-electron chi connectivity index (χ3n) is 6.30. The van der Waals surface area contributed by atoms with Crippen LogP contribution in [-0.2, 0) is 6.42 Å². The highest BCUT2D eigenvalue weighted by Crippen LogP contribution is 2.42. The molecule has 1 amide bonds. The first-order valence-corrected chi connectivity index (χ1v) is 10.7. The second-order valence-corrected chi connectivity index (χ2v) is 8.30. The summed E-state index contributed by atoms with van der Waals surface area (Å²) in [6, 6.07) is 17.3. The first-order chi connectivity index (χ1) is 15.4. The van der Waals surface area contributed by atoms with Gasteiger partial charge in [-0.15, -0.1) is 0 Å². The molecule has 0 fully saturated rings. The van der Waals surface area contributed by atoms with Gasteiger partial charge in [0.15, 0.2) is 5.43 Å². The summed E-state index contributed by atoms with van der Waals surface area (Å²) in [4.78, 5) is 28.9. The Balaban J connectivity index is 1.80. The highest BCUT2D eigenvalue weighted by Gasteiger charge is 2.43. The van der Waals surface area contributed by atoms with Crippen molar-refractivity contribution < 1.29 is 14.3 Å². The molecule has 1 aliphatic heterocycles. The molecule has 5 heteroatoms. The maximum Gasteiger partial charge on any atom is 0.295 e. The largest absolute Gasteiger partial charge is 0.508 e. The number of nitrogens with zero attached hydrogens (tertiary/aromatic N) is 1. The van der Waals surface area contributed by atoms with E-state index in [1.165, 1.54) is 0 Å². The van der Waals surface area contributed by atoms with Crippen molar-refractivity contribution in [3.05, 3.63) is 104 Å². The van der Waals surface area contributed by atoms with E-state index in [1.54, 1.807) is 23.1 Å². The number of rotatable bonds is 3. The summed E-state index contributed by atoms with van der Waals surface area (Å²) in [5, 5.41) is 10.6. The van der Waals surface area contributed by atoms with Gasteiger partial charge in [-0.1, -0.05) is 31.2 Å². The molecule has 1 aromatic heterocycles. The van der Waals surface area contributed by atoms with Crippen LogP contribution >= 0.6 is 0 Å². The highest BCUT2D eigenvalue weighted by molar-refractivity contribution is 6.10. The summed E-state index contributed by atoms with van der Waals surface area (Å²) in [7, 11) is 0. The normalized spacial score (nSPS) is 15.4. The lowest BCUT2D eigenvalue weighted by Crippen LogP contribution is -2.29. The third-order valence-corrected chi connectivity index (χ3v) is 6.30. The van der Waals surface area contributed by atoms with Crippen molar-refractivity contribution in [2.24, 2.45) is 0 Å². The van der Waals surface area contributed by atoms with E-state index < -0.39 is 6.04 Å². The zero-order valence-electron chi connectivity index (χ0n) is 18.2. The minimum atomic E-state index is -0.695. The summed E-state index contributed by atoms with van der Waals surface area (Å²) in [5.41, 5.74) is 4.92. The van der Waals surface area contributed by atoms with Crippen molar-refractivity contribution in [1.29, 1.82) is 0 Å². The van der Waals surface area contributed by atoms with Gasteiger partial charge in [0, 0.05) is 5.69 Å². The molecule has 1 atom stereocenters. The number of fused-ring (bicyclic) bond motifs is 2. The second kappa shape index (κ2) is 7.38. The lowest BCUT2D eigenvalue weighted by molar-refractivity contribution is 0.0971. The van der Waals surface area contributed by atoms with Gasteiger partial charge in [-0.3, -0.25) is 14.5 Å². The van der Waals surface area contributed by atoms with Gasteiger partial charge >= 0.3 is 0 Å². The third kappa shape index (κ3) is 3.01. The molecule has 5 rings (SSSR count). The Bertz CT molecular complexity index is 1430. The van der Waals surface area contributed by atoms with Gasteiger partial charge in [0.25, 0.3) is 5.91 Å². The van der Waals surface area contributed by atoms with Crippen molar-refractivity contribution in [1.82, 2.24) is 0 Å². The molecule has 4 aromatic rings. The van der Waals surface area contributed by atoms with Gasteiger partial charge < -0.3 is 9.52 Å². The maximum atomic E-state index is 13.7. The van der Waals surface area contributed by atoms with Crippen molar-refractivity contribution in [2.45, 2.75) is 33.2 Å². The van der Waals surface area contributed by atoms with Crippen LogP contribution in [0.5, 0.6) is 5.75 Å². The number of anilines is 1. The fraction of sp³-hybridized carbons (Fsp3) is 0.185. The minimum Gasteiger partial charge on any atom is -0.508 e. The molecule has 3 aromatic carbocycles. The predicted molar refractivity (Wildman–Crippen MR) is 125 cm³/mol. The van der Waals surface area contributed by atoms with Gasteiger partial charge in [-0.05, 0) is 78.9 Å². The first-order valence-electron chi connectivity index (χ1n) is 10.7. The van der Waals surface area contributed by atoms with Crippen LogP contribution in [0.1, 0.15) is 51.3 Å². The van der Waals surface area contributed by atoms with Crippen LogP contribution in [0.25, 0.3) is 11.0 Å². The molecule has 1 unspecified atom stereocenters. The standard InChI is InChI=1S/C27H23NO4/c1-4-17-8-10-19(11-9-17)28-24(18-6-5-7-20(29)14-18)23-25(30)21-12-15(2)16(3)13-22(21)32-26(23)27(28)31/h5-14,24,29H,4H2,1-3H3. The molecule has 5 nitrogen and oxygen atoms in total. The van der Waals surface area contributed by atoms with Gasteiger partial charge in [0.05, 0.1) is 17.0 Å². The predicted octanol–water partition coefficient (Wildman–Crippen LogP) is 5.43. The monoisotopic (exact) mass is 425 g/mol. The van der Waals surface area contributed by atoms with Crippen LogP contribution in [-0.4, -0.2) is 11.0 Å². The van der Waals surface area contributed by atoms with Crippen molar-refractivity contribution in [3.63, 3.8) is 0 Å².